The van der Waals surface area contributed by atoms with E-state index in [0.717, 1.165) is 61.3 Å². The average Bonchev–Trinajstić information content (AvgIpc) is 3.84. The molecule has 0 aliphatic rings. The van der Waals surface area contributed by atoms with E-state index in [9.17, 15) is 0 Å². The number of aromatic nitrogens is 4. The molecule has 0 atom stereocenters. The summed E-state index contributed by atoms with van der Waals surface area (Å²) in [5.41, 5.74) is 14.3. The van der Waals surface area contributed by atoms with Crippen molar-refractivity contribution >= 4 is 54.4 Å². The van der Waals surface area contributed by atoms with Crippen LogP contribution < -0.4 is 0 Å². The zero-order chi connectivity index (χ0) is 39.6. The Kier molecular flexibility index (Phi) is 7.82. The minimum absolute atomic E-state index is 0.702. The Morgan fingerprint density at radius 3 is 1.32 bits per heavy atom. The summed E-state index contributed by atoms with van der Waals surface area (Å²) < 4.78 is 4.79. The standard InChI is InChI=1S/C56H36N4/c1-4-16-37(17-5-1)49-36-50(38-18-6-2-7-19-38)58-56(57-49)46-30-33-53(43-23-11-10-22-42(43)46)60-52-27-15-13-25-45(52)48-35-40(29-32-55(48)60)39-28-31-54-47(34-39)44-24-12-14-26-51(44)59(54)41-20-8-3-9-21-41/h1-36H. The van der Waals surface area contributed by atoms with Gasteiger partial charge in [-0.05, 0) is 83.2 Å². The Morgan fingerprint density at radius 1 is 0.283 bits per heavy atom. The first kappa shape index (κ1) is 34.0. The van der Waals surface area contributed by atoms with E-state index in [2.05, 4.69) is 215 Å². The third-order valence-corrected chi connectivity index (χ3v) is 11.9. The highest BCUT2D eigenvalue weighted by Crippen LogP contribution is 2.41. The van der Waals surface area contributed by atoms with Crippen molar-refractivity contribution in [3.05, 3.63) is 218 Å². The van der Waals surface area contributed by atoms with Gasteiger partial charge in [0.2, 0.25) is 0 Å². The quantitative estimate of drug-likeness (QED) is 0.169. The van der Waals surface area contributed by atoms with Crippen molar-refractivity contribution in [3.8, 4) is 56.4 Å². The van der Waals surface area contributed by atoms with E-state index in [4.69, 9.17) is 9.97 Å². The van der Waals surface area contributed by atoms with Gasteiger partial charge in [-0.3, -0.25) is 0 Å². The van der Waals surface area contributed by atoms with Crippen molar-refractivity contribution in [2.24, 2.45) is 0 Å². The van der Waals surface area contributed by atoms with Gasteiger partial charge in [-0.15, -0.1) is 0 Å². The molecule has 0 unspecified atom stereocenters. The van der Waals surface area contributed by atoms with E-state index < -0.39 is 0 Å². The molecule has 9 aromatic carbocycles. The number of hydrogen-bond donors (Lipinski definition) is 0. The highest BCUT2D eigenvalue weighted by Gasteiger charge is 2.19. The summed E-state index contributed by atoms with van der Waals surface area (Å²) in [6.07, 6.45) is 0. The molecule has 12 rings (SSSR count). The molecule has 0 radical (unpaired) electrons. The van der Waals surface area contributed by atoms with Crippen molar-refractivity contribution < 1.29 is 0 Å². The lowest BCUT2D eigenvalue weighted by molar-refractivity contribution is 1.18. The molecule has 3 aromatic heterocycles. The molecular formula is C56H36N4. The largest absolute Gasteiger partial charge is 0.309 e. The van der Waals surface area contributed by atoms with E-state index in [-0.39, 0.29) is 0 Å². The lowest BCUT2D eigenvalue weighted by atomic mass is 10.00. The van der Waals surface area contributed by atoms with Gasteiger partial charge in [0, 0.05) is 49.3 Å². The maximum absolute atomic E-state index is 5.21. The molecule has 4 heteroatoms. The lowest BCUT2D eigenvalue weighted by Crippen LogP contribution is -1.99. The molecule has 0 aliphatic heterocycles. The Balaban J connectivity index is 1.02. The Bertz CT molecular complexity index is 3530. The molecule has 3 heterocycles. The van der Waals surface area contributed by atoms with Crippen LogP contribution in [-0.4, -0.2) is 19.1 Å². The molecule has 0 saturated carbocycles. The van der Waals surface area contributed by atoms with Crippen LogP contribution in [0, 0.1) is 0 Å². The van der Waals surface area contributed by atoms with Gasteiger partial charge in [-0.2, -0.15) is 0 Å². The highest BCUT2D eigenvalue weighted by atomic mass is 15.0. The van der Waals surface area contributed by atoms with Crippen LogP contribution in [0.15, 0.2) is 218 Å². The average molecular weight is 765 g/mol. The van der Waals surface area contributed by atoms with E-state index in [1.54, 1.807) is 0 Å². The van der Waals surface area contributed by atoms with Crippen LogP contribution in [0.1, 0.15) is 0 Å². The van der Waals surface area contributed by atoms with Gasteiger partial charge in [0.05, 0.1) is 39.1 Å². The van der Waals surface area contributed by atoms with Crippen molar-refractivity contribution in [3.63, 3.8) is 0 Å². The third-order valence-electron chi connectivity index (χ3n) is 11.9. The summed E-state index contributed by atoms with van der Waals surface area (Å²) in [7, 11) is 0. The number of rotatable bonds is 6. The highest BCUT2D eigenvalue weighted by molar-refractivity contribution is 6.14. The first-order valence-electron chi connectivity index (χ1n) is 20.4. The summed E-state index contributed by atoms with van der Waals surface area (Å²) in [6, 6.07) is 77.9. The molecule has 0 N–H and O–H groups in total. The molecule has 0 spiro atoms. The fourth-order valence-corrected chi connectivity index (χ4v) is 9.17. The topological polar surface area (TPSA) is 35.6 Å². The molecule has 280 valence electrons. The number of nitrogens with zero attached hydrogens (tertiary/aromatic N) is 4. The molecule has 0 amide bonds. The summed E-state index contributed by atoms with van der Waals surface area (Å²) >= 11 is 0. The Hall–Kier alpha value is -8.08. The van der Waals surface area contributed by atoms with E-state index in [1.807, 2.05) is 12.1 Å². The second kappa shape index (κ2) is 13.8. The van der Waals surface area contributed by atoms with Gasteiger partial charge in [0.1, 0.15) is 0 Å². The van der Waals surface area contributed by atoms with Gasteiger partial charge in [0.25, 0.3) is 0 Å². The predicted molar refractivity (Wildman–Crippen MR) is 250 cm³/mol. The third kappa shape index (κ3) is 5.46. The fourth-order valence-electron chi connectivity index (χ4n) is 9.17. The van der Waals surface area contributed by atoms with Crippen molar-refractivity contribution in [1.29, 1.82) is 0 Å². The smallest absolute Gasteiger partial charge is 0.161 e. The van der Waals surface area contributed by atoms with Crippen LogP contribution in [0.4, 0.5) is 0 Å². The van der Waals surface area contributed by atoms with Crippen molar-refractivity contribution in [2.75, 3.05) is 0 Å². The molecular weight excluding hydrogens is 729 g/mol. The van der Waals surface area contributed by atoms with Gasteiger partial charge in [-0.25, -0.2) is 9.97 Å². The number of hydrogen-bond acceptors (Lipinski definition) is 2. The lowest BCUT2D eigenvalue weighted by Gasteiger charge is -2.15. The van der Waals surface area contributed by atoms with Crippen molar-refractivity contribution in [2.45, 2.75) is 0 Å². The summed E-state index contributed by atoms with van der Waals surface area (Å²) in [5, 5.41) is 7.17. The minimum atomic E-state index is 0.702. The SMILES string of the molecule is c1ccc(-c2cc(-c3ccccc3)nc(-c3ccc(-n4c5ccccc5c5cc(-c6ccc7c(c6)c6ccccc6n7-c6ccccc6)ccc54)c4ccccc34)n2)cc1. The second-order valence-electron chi connectivity index (χ2n) is 15.4. The van der Waals surface area contributed by atoms with Crippen LogP contribution in [0.5, 0.6) is 0 Å². The number of para-hydroxylation sites is 3. The first-order chi connectivity index (χ1) is 29.8. The van der Waals surface area contributed by atoms with E-state index in [0.29, 0.717) is 5.82 Å². The maximum atomic E-state index is 5.21. The van der Waals surface area contributed by atoms with Crippen LogP contribution in [0.3, 0.4) is 0 Å². The molecule has 0 aliphatic carbocycles. The number of fused-ring (bicyclic) bond motifs is 7. The monoisotopic (exact) mass is 764 g/mol. The van der Waals surface area contributed by atoms with Crippen molar-refractivity contribution in [1.82, 2.24) is 19.1 Å². The molecule has 4 nitrogen and oxygen atoms in total. The van der Waals surface area contributed by atoms with E-state index in [1.165, 1.54) is 43.7 Å². The van der Waals surface area contributed by atoms with Crippen LogP contribution >= 0.6 is 0 Å². The molecule has 0 bridgehead atoms. The summed E-state index contributed by atoms with van der Waals surface area (Å²) in [4.78, 5) is 10.4. The van der Waals surface area contributed by atoms with E-state index >= 15 is 0 Å². The molecule has 60 heavy (non-hydrogen) atoms. The molecule has 0 saturated heterocycles. The Labute approximate surface area is 346 Å². The zero-order valence-electron chi connectivity index (χ0n) is 32.6. The molecule has 0 fully saturated rings. The predicted octanol–water partition coefficient (Wildman–Crippen LogP) is 14.5. The second-order valence-corrected chi connectivity index (χ2v) is 15.4. The molecule has 12 aromatic rings. The van der Waals surface area contributed by atoms with Gasteiger partial charge >= 0.3 is 0 Å². The maximum Gasteiger partial charge on any atom is 0.161 e. The minimum Gasteiger partial charge on any atom is -0.309 e. The number of benzene rings is 9. The summed E-state index contributed by atoms with van der Waals surface area (Å²) in [5.74, 6) is 0.702. The van der Waals surface area contributed by atoms with Crippen LogP contribution in [0.25, 0.3) is 111 Å². The van der Waals surface area contributed by atoms with Gasteiger partial charge in [0.15, 0.2) is 5.82 Å². The van der Waals surface area contributed by atoms with Gasteiger partial charge in [-0.1, -0.05) is 152 Å². The van der Waals surface area contributed by atoms with Crippen LogP contribution in [-0.2, 0) is 0 Å². The zero-order valence-corrected chi connectivity index (χ0v) is 32.6. The first-order valence-corrected chi connectivity index (χ1v) is 20.4. The van der Waals surface area contributed by atoms with Crippen LogP contribution in [0.2, 0.25) is 0 Å². The normalized spacial score (nSPS) is 11.7. The Morgan fingerprint density at radius 2 is 0.733 bits per heavy atom. The fraction of sp³-hybridized carbons (Fsp3) is 0. The van der Waals surface area contributed by atoms with Gasteiger partial charge < -0.3 is 9.13 Å². The summed E-state index contributed by atoms with van der Waals surface area (Å²) in [6.45, 7) is 0.